The van der Waals surface area contributed by atoms with Gasteiger partial charge in [-0.05, 0) is 71.8 Å². The summed E-state index contributed by atoms with van der Waals surface area (Å²) in [6, 6.07) is 19.7. The molecular formula is C33H39ClO5. The van der Waals surface area contributed by atoms with Gasteiger partial charge < -0.3 is 14.2 Å². The average Bonchev–Trinajstić information content (AvgIpc) is 2.97. The number of hydrogen-bond donors (Lipinski definition) is 0. The van der Waals surface area contributed by atoms with Crippen molar-refractivity contribution in [3.63, 3.8) is 0 Å². The summed E-state index contributed by atoms with van der Waals surface area (Å²) in [4.78, 5) is 25.0. The van der Waals surface area contributed by atoms with E-state index < -0.39 is 11.9 Å². The van der Waals surface area contributed by atoms with E-state index in [9.17, 15) is 9.59 Å². The first-order chi connectivity index (χ1) is 18.8. The molecule has 5 nitrogen and oxygen atoms in total. The van der Waals surface area contributed by atoms with Gasteiger partial charge in [0.05, 0.1) is 29.4 Å². The van der Waals surface area contributed by atoms with Gasteiger partial charge in [0, 0.05) is 0 Å². The second-order valence-electron chi connectivity index (χ2n) is 9.98. The summed E-state index contributed by atoms with van der Waals surface area (Å²) < 4.78 is 16.8. The predicted molar refractivity (Wildman–Crippen MR) is 157 cm³/mol. The Labute approximate surface area is 237 Å². The predicted octanol–water partition coefficient (Wildman–Crippen LogP) is 9.02. The highest BCUT2D eigenvalue weighted by Crippen LogP contribution is 2.28. The molecule has 0 heterocycles. The van der Waals surface area contributed by atoms with E-state index in [4.69, 9.17) is 25.8 Å². The average molecular weight is 551 g/mol. The third kappa shape index (κ3) is 9.14. The lowest BCUT2D eigenvalue weighted by molar-refractivity contribution is 0.0447. The number of ether oxygens (including phenoxy) is 3. The van der Waals surface area contributed by atoms with Crippen molar-refractivity contribution in [3.05, 3.63) is 82.9 Å². The zero-order valence-electron chi connectivity index (χ0n) is 23.4. The Bertz CT molecular complexity index is 1200. The van der Waals surface area contributed by atoms with Crippen molar-refractivity contribution < 1.29 is 23.8 Å². The number of carbonyl (C=O) groups is 2. The molecule has 0 spiro atoms. The van der Waals surface area contributed by atoms with E-state index in [1.807, 2.05) is 50.2 Å². The fourth-order valence-electron chi connectivity index (χ4n) is 3.94. The Morgan fingerprint density at radius 1 is 0.795 bits per heavy atom. The molecule has 3 rings (SSSR count). The number of esters is 2. The summed E-state index contributed by atoms with van der Waals surface area (Å²) in [7, 11) is 0. The highest BCUT2D eigenvalue weighted by atomic mass is 35.5. The third-order valence-corrected chi connectivity index (χ3v) is 7.20. The molecule has 0 radical (unpaired) electrons. The summed E-state index contributed by atoms with van der Waals surface area (Å²) >= 11 is 6.29. The van der Waals surface area contributed by atoms with E-state index in [0.717, 1.165) is 36.3 Å². The molecule has 3 aromatic carbocycles. The number of unbranched alkanes of at least 4 members (excludes halogenated alkanes) is 1. The quantitative estimate of drug-likeness (QED) is 0.148. The van der Waals surface area contributed by atoms with Crippen molar-refractivity contribution in [1.82, 2.24) is 0 Å². The first-order valence-corrected chi connectivity index (χ1v) is 14.2. The van der Waals surface area contributed by atoms with Gasteiger partial charge in [-0.3, -0.25) is 0 Å². The van der Waals surface area contributed by atoms with Gasteiger partial charge in [0.15, 0.2) is 0 Å². The standard InChI is InChI=1S/C33H39ClO5/c1-5-8-9-24(7-3)22-37-29-17-14-26(15-18-29)25-10-12-27(13-11-25)33(36)39-31-19-16-28(20-30(31)34)32(35)38-21-23(4)6-2/h10-20,23-24H,5-9,21-22H2,1-4H3/t23-,24?/m0/s1. The van der Waals surface area contributed by atoms with Crippen LogP contribution in [0.1, 0.15) is 80.5 Å². The Balaban J connectivity index is 1.57. The first kappa shape index (κ1) is 30.2. The topological polar surface area (TPSA) is 61.8 Å². The molecule has 1 unspecified atom stereocenters. The second kappa shape index (κ2) is 15.3. The fourth-order valence-corrected chi connectivity index (χ4v) is 4.16. The van der Waals surface area contributed by atoms with Crippen LogP contribution in [0.2, 0.25) is 5.02 Å². The second-order valence-corrected chi connectivity index (χ2v) is 10.4. The minimum atomic E-state index is -0.534. The Kier molecular flexibility index (Phi) is 11.9. The lowest BCUT2D eigenvalue weighted by Crippen LogP contribution is -2.12. The molecule has 0 aliphatic heterocycles. The summed E-state index contributed by atoms with van der Waals surface area (Å²) in [5.41, 5.74) is 2.71. The minimum Gasteiger partial charge on any atom is -0.493 e. The van der Waals surface area contributed by atoms with Crippen LogP contribution in [0.3, 0.4) is 0 Å². The molecule has 0 saturated carbocycles. The molecule has 0 aliphatic rings. The van der Waals surface area contributed by atoms with Crippen LogP contribution in [-0.2, 0) is 4.74 Å². The summed E-state index contributed by atoms with van der Waals surface area (Å²) in [5.74, 6) is 0.916. The van der Waals surface area contributed by atoms with Crippen molar-refractivity contribution in [3.8, 4) is 22.6 Å². The largest absolute Gasteiger partial charge is 0.493 e. The third-order valence-electron chi connectivity index (χ3n) is 6.90. The number of halogens is 1. The number of rotatable bonds is 14. The zero-order valence-corrected chi connectivity index (χ0v) is 24.1. The molecule has 0 fully saturated rings. The molecule has 39 heavy (non-hydrogen) atoms. The van der Waals surface area contributed by atoms with Gasteiger partial charge in [-0.2, -0.15) is 0 Å². The van der Waals surface area contributed by atoms with Crippen LogP contribution in [0.4, 0.5) is 0 Å². The monoisotopic (exact) mass is 550 g/mol. The van der Waals surface area contributed by atoms with Crippen molar-refractivity contribution in [2.75, 3.05) is 13.2 Å². The van der Waals surface area contributed by atoms with E-state index in [1.165, 1.54) is 37.5 Å². The smallest absolute Gasteiger partial charge is 0.343 e. The van der Waals surface area contributed by atoms with Crippen LogP contribution in [-0.4, -0.2) is 25.2 Å². The van der Waals surface area contributed by atoms with Crippen molar-refractivity contribution in [1.29, 1.82) is 0 Å². The van der Waals surface area contributed by atoms with Crippen LogP contribution >= 0.6 is 11.6 Å². The highest BCUT2D eigenvalue weighted by molar-refractivity contribution is 6.32. The van der Waals surface area contributed by atoms with Gasteiger partial charge in [-0.15, -0.1) is 0 Å². The molecular weight excluding hydrogens is 512 g/mol. The van der Waals surface area contributed by atoms with Gasteiger partial charge in [0.25, 0.3) is 0 Å². The van der Waals surface area contributed by atoms with Crippen molar-refractivity contribution >= 4 is 23.5 Å². The lowest BCUT2D eigenvalue weighted by Gasteiger charge is -2.15. The molecule has 2 atom stereocenters. The van der Waals surface area contributed by atoms with Crippen LogP contribution in [0.5, 0.6) is 11.5 Å². The first-order valence-electron chi connectivity index (χ1n) is 13.9. The maximum atomic E-state index is 12.7. The van der Waals surface area contributed by atoms with Gasteiger partial charge in [-0.1, -0.05) is 89.2 Å². The Morgan fingerprint density at radius 2 is 1.44 bits per heavy atom. The van der Waals surface area contributed by atoms with E-state index >= 15 is 0 Å². The summed E-state index contributed by atoms with van der Waals surface area (Å²) in [6.07, 6.45) is 5.68. The maximum absolute atomic E-state index is 12.7. The highest BCUT2D eigenvalue weighted by Gasteiger charge is 2.15. The van der Waals surface area contributed by atoms with E-state index in [-0.39, 0.29) is 16.7 Å². The van der Waals surface area contributed by atoms with Gasteiger partial charge in [0.1, 0.15) is 11.5 Å². The summed E-state index contributed by atoms with van der Waals surface area (Å²) in [6.45, 7) is 9.56. The Hall–Kier alpha value is -3.31. The van der Waals surface area contributed by atoms with Gasteiger partial charge >= 0.3 is 11.9 Å². The maximum Gasteiger partial charge on any atom is 0.343 e. The van der Waals surface area contributed by atoms with E-state index in [1.54, 1.807) is 12.1 Å². The number of carbonyl (C=O) groups excluding carboxylic acids is 2. The van der Waals surface area contributed by atoms with E-state index in [2.05, 4.69) is 13.8 Å². The summed E-state index contributed by atoms with van der Waals surface area (Å²) in [5, 5.41) is 0.163. The lowest BCUT2D eigenvalue weighted by atomic mass is 10.0. The molecule has 3 aromatic rings. The van der Waals surface area contributed by atoms with Gasteiger partial charge in [0.2, 0.25) is 0 Å². The van der Waals surface area contributed by atoms with Crippen molar-refractivity contribution in [2.45, 2.75) is 59.8 Å². The Morgan fingerprint density at radius 3 is 2.03 bits per heavy atom. The molecule has 208 valence electrons. The molecule has 0 bridgehead atoms. The molecule has 0 N–H and O–H groups in total. The van der Waals surface area contributed by atoms with Crippen LogP contribution in [0.15, 0.2) is 66.7 Å². The minimum absolute atomic E-state index is 0.163. The molecule has 0 aliphatic carbocycles. The SMILES string of the molecule is CCCCC(CC)COc1ccc(-c2ccc(C(=O)Oc3ccc(C(=O)OC[C@@H](C)CC)cc3Cl)cc2)cc1. The fraction of sp³-hybridized carbons (Fsp3) is 0.394. The molecule has 0 saturated heterocycles. The molecule has 0 amide bonds. The van der Waals surface area contributed by atoms with E-state index in [0.29, 0.717) is 23.7 Å². The van der Waals surface area contributed by atoms with Crippen LogP contribution < -0.4 is 9.47 Å². The number of hydrogen-bond acceptors (Lipinski definition) is 5. The number of benzene rings is 3. The normalized spacial score (nSPS) is 12.4. The van der Waals surface area contributed by atoms with Crippen LogP contribution in [0.25, 0.3) is 11.1 Å². The van der Waals surface area contributed by atoms with Crippen LogP contribution in [0, 0.1) is 11.8 Å². The molecule has 0 aromatic heterocycles. The molecule has 6 heteroatoms. The zero-order chi connectivity index (χ0) is 28.2. The van der Waals surface area contributed by atoms with Gasteiger partial charge in [-0.25, -0.2) is 9.59 Å². The van der Waals surface area contributed by atoms with Crippen molar-refractivity contribution in [2.24, 2.45) is 11.8 Å².